The van der Waals surface area contributed by atoms with Crippen LogP contribution < -0.4 is 4.74 Å². The lowest BCUT2D eigenvalue weighted by atomic mass is 10.2. The molecule has 0 N–H and O–H groups in total. The molecule has 0 spiro atoms. The minimum atomic E-state index is -2.87. The molecular weight excluding hydrogens is 366 g/mol. The van der Waals surface area contributed by atoms with E-state index in [4.69, 9.17) is 0 Å². The number of halogens is 2. The van der Waals surface area contributed by atoms with Gasteiger partial charge in [-0.05, 0) is 49.2 Å². The minimum Gasteiger partial charge on any atom is -0.435 e. The van der Waals surface area contributed by atoms with Crippen LogP contribution >= 0.6 is 0 Å². The maximum Gasteiger partial charge on any atom is 0.387 e. The van der Waals surface area contributed by atoms with E-state index >= 15 is 0 Å². The largest absolute Gasteiger partial charge is 0.435 e. The van der Waals surface area contributed by atoms with Gasteiger partial charge in [-0.3, -0.25) is 4.79 Å². The van der Waals surface area contributed by atoms with E-state index in [0.717, 1.165) is 16.8 Å². The van der Waals surface area contributed by atoms with Gasteiger partial charge in [-0.25, -0.2) is 4.68 Å². The molecule has 0 aliphatic rings. The predicted octanol–water partition coefficient (Wildman–Crippen LogP) is 3.76. The van der Waals surface area contributed by atoms with Crippen molar-refractivity contribution in [3.63, 3.8) is 0 Å². The molecule has 0 bridgehead atoms. The molecule has 0 aliphatic heterocycles. The molecule has 3 aromatic rings. The Morgan fingerprint density at radius 2 is 1.89 bits per heavy atom. The topological polar surface area (TPSA) is 60.2 Å². The van der Waals surface area contributed by atoms with Gasteiger partial charge in [0, 0.05) is 13.6 Å². The van der Waals surface area contributed by atoms with Crippen LogP contribution in [0.5, 0.6) is 5.75 Å². The van der Waals surface area contributed by atoms with Gasteiger partial charge in [0.25, 0.3) is 5.91 Å². The van der Waals surface area contributed by atoms with Crippen molar-refractivity contribution < 1.29 is 18.3 Å². The molecule has 3 rings (SSSR count). The van der Waals surface area contributed by atoms with Crippen LogP contribution in [0.2, 0.25) is 0 Å². The minimum absolute atomic E-state index is 0.0738. The first-order valence-electron chi connectivity index (χ1n) is 8.63. The summed E-state index contributed by atoms with van der Waals surface area (Å²) in [6.45, 7) is 1.20. The summed E-state index contributed by atoms with van der Waals surface area (Å²) in [6.07, 6.45) is 0. The van der Waals surface area contributed by atoms with Crippen LogP contribution in [0.3, 0.4) is 0 Å². The van der Waals surface area contributed by atoms with E-state index in [-0.39, 0.29) is 17.4 Å². The van der Waals surface area contributed by atoms with Gasteiger partial charge in [0.05, 0.1) is 11.4 Å². The molecule has 8 heteroatoms. The molecule has 0 fully saturated rings. The van der Waals surface area contributed by atoms with Crippen LogP contribution in [0, 0.1) is 13.8 Å². The molecule has 1 aromatic heterocycles. The number of hydrogen-bond donors (Lipinski definition) is 0. The van der Waals surface area contributed by atoms with Crippen molar-refractivity contribution in [2.45, 2.75) is 27.0 Å². The van der Waals surface area contributed by atoms with E-state index in [1.165, 1.54) is 17.0 Å². The Bertz CT molecular complexity index is 971. The summed E-state index contributed by atoms with van der Waals surface area (Å²) in [4.78, 5) is 14.3. The lowest BCUT2D eigenvalue weighted by Crippen LogP contribution is -2.27. The third kappa shape index (κ3) is 4.33. The zero-order valence-corrected chi connectivity index (χ0v) is 15.8. The van der Waals surface area contributed by atoms with E-state index in [1.54, 1.807) is 30.8 Å². The first kappa shape index (κ1) is 19.5. The molecule has 0 atom stereocenters. The Hall–Kier alpha value is -3.29. The van der Waals surface area contributed by atoms with E-state index in [2.05, 4.69) is 15.0 Å². The Balaban J connectivity index is 1.73. The number of benzene rings is 2. The first-order valence-corrected chi connectivity index (χ1v) is 8.63. The average Bonchev–Trinajstić information content (AvgIpc) is 3.03. The maximum absolute atomic E-state index is 12.8. The van der Waals surface area contributed by atoms with Gasteiger partial charge >= 0.3 is 6.61 Å². The number of rotatable bonds is 6. The molecule has 28 heavy (non-hydrogen) atoms. The van der Waals surface area contributed by atoms with E-state index in [1.807, 2.05) is 31.2 Å². The highest BCUT2D eigenvalue weighted by Crippen LogP contribution is 2.18. The van der Waals surface area contributed by atoms with Crippen molar-refractivity contribution in [3.8, 4) is 11.4 Å². The molecule has 1 heterocycles. The van der Waals surface area contributed by atoms with Gasteiger partial charge in [-0.1, -0.05) is 29.5 Å². The Morgan fingerprint density at radius 1 is 1.18 bits per heavy atom. The normalized spacial score (nSPS) is 10.9. The van der Waals surface area contributed by atoms with Crippen molar-refractivity contribution >= 4 is 5.91 Å². The number of hydrogen-bond acceptors (Lipinski definition) is 4. The second-order valence-corrected chi connectivity index (χ2v) is 6.46. The fourth-order valence-corrected chi connectivity index (χ4v) is 2.83. The highest BCUT2D eigenvalue weighted by molar-refractivity contribution is 5.93. The molecule has 2 aromatic carbocycles. The van der Waals surface area contributed by atoms with Crippen LogP contribution in [0.4, 0.5) is 8.78 Å². The molecule has 0 aliphatic carbocycles. The monoisotopic (exact) mass is 386 g/mol. The first-order chi connectivity index (χ1) is 13.3. The fourth-order valence-electron chi connectivity index (χ4n) is 2.83. The van der Waals surface area contributed by atoms with Crippen LogP contribution in [0.1, 0.15) is 27.3 Å². The van der Waals surface area contributed by atoms with E-state index < -0.39 is 6.61 Å². The molecule has 0 radical (unpaired) electrons. The van der Waals surface area contributed by atoms with Crippen molar-refractivity contribution in [1.29, 1.82) is 0 Å². The molecule has 6 nitrogen and oxygen atoms in total. The molecule has 0 unspecified atom stereocenters. The third-order valence-corrected chi connectivity index (χ3v) is 4.26. The van der Waals surface area contributed by atoms with Crippen molar-refractivity contribution in [2.75, 3.05) is 7.05 Å². The van der Waals surface area contributed by atoms with Crippen LogP contribution in [-0.2, 0) is 6.54 Å². The summed E-state index contributed by atoms with van der Waals surface area (Å²) in [5.74, 6) is -0.200. The van der Waals surface area contributed by atoms with Gasteiger partial charge in [-0.2, -0.15) is 8.78 Å². The van der Waals surface area contributed by atoms with Crippen LogP contribution in [0.15, 0.2) is 48.5 Å². The summed E-state index contributed by atoms with van der Waals surface area (Å²) >= 11 is 0. The van der Waals surface area contributed by atoms with Crippen molar-refractivity contribution in [1.82, 2.24) is 19.9 Å². The van der Waals surface area contributed by atoms with Gasteiger partial charge in [0.2, 0.25) is 0 Å². The van der Waals surface area contributed by atoms with Crippen LogP contribution in [0.25, 0.3) is 5.69 Å². The van der Waals surface area contributed by atoms with Gasteiger partial charge < -0.3 is 9.64 Å². The van der Waals surface area contributed by atoms with Gasteiger partial charge in [0.15, 0.2) is 5.69 Å². The highest BCUT2D eigenvalue weighted by Gasteiger charge is 2.21. The molecule has 0 saturated heterocycles. The molecule has 1 amide bonds. The summed E-state index contributed by atoms with van der Waals surface area (Å²) in [7, 11) is 1.65. The Labute approximate surface area is 161 Å². The second-order valence-electron chi connectivity index (χ2n) is 6.46. The van der Waals surface area contributed by atoms with Gasteiger partial charge in [-0.15, -0.1) is 5.10 Å². The number of carbonyl (C=O) groups excluding carboxylic acids is 1. The van der Waals surface area contributed by atoms with Crippen molar-refractivity contribution in [2.24, 2.45) is 0 Å². The number of alkyl halides is 2. The summed E-state index contributed by atoms with van der Waals surface area (Å²) in [5, 5.41) is 8.16. The van der Waals surface area contributed by atoms with Crippen molar-refractivity contribution in [3.05, 3.63) is 71.0 Å². The number of carbonyl (C=O) groups is 1. The summed E-state index contributed by atoms with van der Waals surface area (Å²) in [6, 6.07) is 13.9. The zero-order valence-electron chi connectivity index (χ0n) is 15.8. The van der Waals surface area contributed by atoms with E-state index in [0.29, 0.717) is 12.2 Å². The molecular formula is C20H20F2N4O2. The quantitative estimate of drug-likeness (QED) is 0.647. The second kappa shape index (κ2) is 8.16. The Kier molecular flexibility index (Phi) is 5.67. The van der Waals surface area contributed by atoms with Crippen LogP contribution in [-0.4, -0.2) is 39.5 Å². The molecule has 0 saturated carbocycles. The summed E-state index contributed by atoms with van der Waals surface area (Å²) < 4.78 is 30.4. The fraction of sp³-hybridized carbons (Fsp3) is 0.250. The smallest absolute Gasteiger partial charge is 0.387 e. The number of amides is 1. The average molecular weight is 386 g/mol. The standard InChI is InChI=1S/C20H20F2N4O2/c1-13-5-4-6-16(11-13)26-14(2)18(23-24-26)19(27)25(3)12-15-7-9-17(10-8-15)28-20(21)22/h4-11,20H,12H2,1-3H3. The Morgan fingerprint density at radius 3 is 2.54 bits per heavy atom. The number of aryl methyl sites for hydroxylation is 1. The molecule has 146 valence electrons. The number of ether oxygens (including phenoxy) is 1. The number of nitrogens with zero attached hydrogens (tertiary/aromatic N) is 4. The predicted molar refractivity (Wildman–Crippen MR) is 99.7 cm³/mol. The highest BCUT2D eigenvalue weighted by atomic mass is 19.3. The number of aromatic nitrogens is 3. The van der Waals surface area contributed by atoms with E-state index in [9.17, 15) is 13.6 Å². The third-order valence-electron chi connectivity index (χ3n) is 4.26. The SMILES string of the molecule is Cc1cccc(-n2nnc(C(=O)N(C)Cc3ccc(OC(F)F)cc3)c2C)c1. The lowest BCUT2D eigenvalue weighted by Gasteiger charge is -2.16. The zero-order chi connectivity index (χ0) is 20.3. The maximum atomic E-state index is 12.8. The lowest BCUT2D eigenvalue weighted by molar-refractivity contribution is -0.0498. The van der Waals surface area contributed by atoms with Gasteiger partial charge in [0.1, 0.15) is 5.75 Å². The summed E-state index contributed by atoms with van der Waals surface area (Å²) in [5.41, 5.74) is 3.60.